The van der Waals surface area contributed by atoms with E-state index in [9.17, 15) is 4.79 Å². The zero-order valence-corrected chi connectivity index (χ0v) is 9.63. The topological polar surface area (TPSA) is 52.6 Å². The molecule has 15 heavy (non-hydrogen) atoms. The zero-order valence-electron chi connectivity index (χ0n) is 8.82. The van der Waals surface area contributed by atoms with Crippen molar-refractivity contribution in [3.8, 4) is 0 Å². The second-order valence-electron chi connectivity index (χ2n) is 4.29. The van der Waals surface area contributed by atoms with E-state index < -0.39 is 5.97 Å². The molecule has 2 aliphatic heterocycles. The fourth-order valence-corrected chi connectivity index (χ4v) is 2.47. The minimum absolute atomic E-state index is 0. The number of nitrogens with zero attached hydrogens (tertiary/aromatic N) is 1. The van der Waals surface area contributed by atoms with Gasteiger partial charge in [-0.3, -0.25) is 9.69 Å². The standard InChI is InChI=1S/C10H18N2O2.ClH/c13-10(14)9-6-8(7-11-9)12-4-2-1-3-5-12;/h8-9,11H,1-7H2,(H,13,14);1H/t8?,9-;/m0./s1. The summed E-state index contributed by atoms with van der Waals surface area (Å²) in [5.74, 6) is -0.704. The Labute approximate surface area is 96.4 Å². The van der Waals surface area contributed by atoms with Gasteiger partial charge in [-0.05, 0) is 32.4 Å². The van der Waals surface area contributed by atoms with Crippen LogP contribution in [0.25, 0.3) is 0 Å². The molecule has 0 amide bonds. The van der Waals surface area contributed by atoms with E-state index in [1.54, 1.807) is 0 Å². The third-order valence-corrected chi connectivity index (χ3v) is 3.31. The van der Waals surface area contributed by atoms with Crippen LogP contribution in [0.5, 0.6) is 0 Å². The van der Waals surface area contributed by atoms with Crippen molar-refractivity contribution >= 4 is 18.4 Å². The average molecular weight is 235 g/mol. The molecule has 2 N–H and O–H groups in total. The number of piperidine rings is 1. The van der Waals surface area contributed by atoms with Crippen LogP contribution < -0.4 is 5.32 Å². The molecule has 0 aromatic carbocycles. The highest BCUT2D eigenvalue weighted by Gasteiger charge is 2.32. The highest BCUT2D eigenvalue weighted by Crippen LogP contribution is 2.18. The summed E-state index contributed by atoms with van der Waals surface area (Å²) in [7, 11) is 0. The van der Waals surface area contributed by atoms with Gasteiger partial charge in [-0.1, -0.05) is 6.42 Å². The Hall–Kier alpha value is -0.320. The Kier molecular flexibility index (Phi) is 4.83. The molecule has 0 aromatic rings. The van der Waals surface area contributed by atoms with Crippen molar-refractivity contribution in [3.05, 3.63) is 0 Å². The van der Waals surface area contributed by atoms with Crippen LogP contribution in [0.4, 0.5) is 0 Å². The molecule has 2 fully saturated rings. The normalized spacial score (nSPS) is 32.3. The lowest BCUT2D eigenvalue weighted by Crippen LogP contribution is -2.40. The van der Waals surface area contributed by atoms with Gasteiger partial charge in [-0.25, -0.2) is 0 Å². The molecule has 0 aliphatic carbocycles. The first kappa shape index (κ1) is 12.7. The minimum atomic E-state index is -0.704. The number of carboxylic acid groups (broad SMARTS) is 1. The van der Waals surface area contributed by atoms with Gasteiger partial charge >= 0.3 is 5.97 Å². The van der Waals surface area contributed by atoms with Crippen LogP contribution in [0.2, 0.25) is 0 Å². The summed E-state index contributed by atoms with van der Waals surface area (Å²) in [6.07, 6.45) is 4.65. The van der Waals surface area contributed by atoms with Gasteiger partial charge in [0.2, 0.25) is 0 Å². The van der Waals surface area contributed by atoms with Gasteiger partial charge in [0, 0.05) is 12.6 Å². The lowest BCUT2D eigenvalue weighted by Gasteiger charge is -2.31. The van der Waals surface area contributed by atoms with Crippen LogP contribution in [-0.4, -0.2) is 47.7 Å². The highest BCUT2D eigenvalue weighted by molar-refractivity contribution is 5.85. The number of nitrogens with one attached hydrogen (secondary N) is 1. The van der Waals surface area contributed by atoms with Gasteiger partial charge in [0.25, 0.3) is 0 Å². The largest absolute Gasteiger partial charge is 0.480 e. The Morgan fingerprint density at radius 3 is 2.47 bits per heavy atom. The van der Waals surface area contributed by atoms with Crippen molar-refractivity contribution in [2.75, 3.05) is 19.6 Å². The molecule has 0 saturated carbocycles. The van der Waals surface area contributed by atoms with E-state index in [2.05, 4.69) is 10.2 Å². The minimum Gasteiger partial charge on any atom is -0.480 e. The predicted molar refractivity (Wildman–Crippen MR) is 60.5 cm³/mol. The molecule has 5 heteroatoms. The van der Waals surface area contributed by atoms with Crippen LogP contribution in [0.1, 0.15) is 25.7 Å². The summed E-state index contributed by atoms with van der Waals surface area (Å²) in [6, 6.07) is 0.137. The Balaban J connectivity index is 0.00000112. The first-order valence-corrected chi connectivity index (χ1v) is 5.47. The van der Waals surface area contributed by atoms with E-state index in [0.29, 0.717) is 6.04 Å². The van der Waals surface area contributed by atoms with Gasteiger partial charge in [0.1, 0.15) is 6.04 Å². The molecule has 2 heterocycles. The molecule has 2 aliphatic rings. The first-order chi connectivity index (χ1) is 6.77. The number of carboxylic acids is 1. The number of halogens is 1. The maximum Gasteiger partial charge on any atom is 0.320 e. The van der Waals surface area contributed by atoms with Crippen molar-refractivity contribution < 1.29 is 9.90 Å². The maximum atomic E-state index is 10.7. The molecular formula is C10H19ClN2O2. The molecule has 2 saturated heterocycles. The molecule has 0 aromatic heterocycles. The number of carbonyl (C=O) groups is 1. The second kappa shape index (κ2) is 5.68. The molecular weight excluding hydrogens is 216 g/mol. The summed E-state index contributed by atoms with van der Waals surface area (Å²) in [4.78, 5) is 13.2. The van der Waals surface area contributed by atoms with Crippen molar-refractivity contribution in [1.82, 2.24) is 10.2 Å². The second-order valence-corrected chi connectivity index (χ2v) is 4.29. The van der Waals surface area contributed by atoms with Gasteiger partial charge < -0.3 is 10.4 Å². The van der Waals surface area contributed by atoms with Gasteiger partial charge in [0.15, 0.2) is 0 Å². The predicted octanol–water partition coefficient (Wildman–Crippen LogP) is 0.709. The molecule has 0 bridgehead atoms. The van der Waals surface area contributed by atoms with Gasteiger partial charge in [0.05, 0.1) is 0 Å². The summed E-state index contributed by atoms with van der Waals surface area (Å²) in [6.45, 7) is 3.15. The lowest BCUT2D eigenvalue weighted by molar-refractivity contribution is -0.139. The summed E-state index contributed by atoms with van der Waals surface area (Å²) in [5, 5.41) is 11.9. The van der Waals surface area contributed by atoms with E-state index in [4.69, 9.17) is 5.11 Å². The molecule has 4 nitrogen and oxygen atoms in total. The smallest absolute Gasteiger partial charge is 0.320 e. The summed E-state index contributed by atoms with van der Waals surface area (Å²) < 4.78 is 0. The SMILES string of the molecule is Cl.O=C(O)[C@@H]1CC(N2CCCCC2)CN1. The highest BCUT2D eigenvalue weighted by atomic mass is 35.5. The van der Waals surface area contributed by atoms with Crippen molar-refractivity contribution in [3.63, 3.8) is 0 Å². The molecule has 2 rings (SSSR count). The van der Waals surface area contributed by atoms with E-state index in [1.165, 1.54) is 19.3 Å². The van der Waals surface area contributed by atoms with Crippen molar-refractivity contribution in [1.29, 1.82) is 0 Å². The Morgan fingerprint density at radius 1 is 1.27 bits per heavy atom. The average Bonchev–Trinajstić information content (AvgIpc) is 2.68. The van der Waals surface area contributed by atoms with E-state index in [1.807, 2.05) is 0 Å². The zero-order chi connectivity index (χ0) is 9.97. The van der Waals surface area contributed by atoms with Crippen LogP contribution in [0.15, 0.2) is 0 Å². The van der Waals surface area contributed by atoms with E-state index in [0.717, 1.165) is 26.1 Å². The quantitative estimate of drug-likeness (QED) is 0.739. The van der Waals surface area contributed by atoms with Crippen LogP contribution >= 0.6 is 12.4 Å². The van der Waals surface area contributed by atoms with Crippen LogP contribution in [-0.2, 0) is 4.79 Å². The fraction of sp³-hybridized carbons (Fsp3) is 0.900. The number of hydrogen-bond acceptors (Lipinski definition) is 3. The van der Waals surface area contributed by atoms with E-state index in [-0.39, 0.29) is 18.4 Å². The van der Waals surface area contributed by atoms with Gasteiger partial charge in [-0.2, -0.15) is 0 Å². The Morgan fingerprint density at radius 2 is 1.93 bits per heavy atom. The number of likely N-dealkylation sites (tertiary alicyclic amines) is 1. The number of hydrogen-bond donors (Lipinski definition) is 2. The number of aliphatic carboxylic acids is 1. The fourth-order valence-electron chi connectivity index (χ4n) is 2.47. The maximum absolute atomic E-state index is 10.7. The lowest BCUT2D eigenvalue weighted by atomic mass is 10.1. The first-order valence-electron chi connectivity index (χ1n) is 5.47. The van der Waals surface area contributed by atoms with Crippen LogP contribution in [0.3, 0.4) is 0 Å². The monoisotopic (exact) mass is 234 g/mol. The van der Waals surface area contributed by atoms with E-state index >= 15 is 0 Å². The Bertz CT molecular complexity index is 219. The summed E-state index contributed by atoms with van der Waals surface area (Å²) in [5.41, 5.74) is 0. The molecule has 0 spiro atoms. The summed E-state index contributed by atoms with van der Waals surface area (Å²) >= 11 is 0. The van der Waals surface area contributed by atoms with Crippen molar-refractivity contribution in [2.45, 2.75) is 37.8 Å². The van der Waals surface area contributed by atoms with Crippen LogP contribution in [0, 0.1) is 0 Å². The molecule has 88 valence electrons. The van der Waals surface area contributed by atoms with Gasteiger partial charge in [-0.15, -0.1) is 12.4 Å². The molecule has 2 atom stereocenters. The molecule has 1 unspecified atom stereocenters. The molecule has 0 radical (unpaired) electrons. The number of rotatable bonds is 2. The third kappa shape index (κ3) is 3.06. The van der Waals surface area contributed by atoms with Crippen molar-refractivity contribution in [2.24, 2.45) is 0 Å². The third-order valence-electron chi connectivity index (χ3n) is 3.31.